The van der Waals surface area contributed by atoms with Crippen molar-refractivity contribution >= 4 is 26.0 Å². The van der Waals surface area contributed by atoms with Gasteiger partial charge < -0.3 is 4.90 Å². The van der Waals surface area contributed by atoms with Crippen molar-refractivity contribution in [2.75, 3.05) is 32.7 Å². The fourth-order valence-electron chi connectivity index (χ4n) is 2.51. The molecule has 0 radical (unpaired) electrons. The summed E-state index contributed by atoms with van der Waals surface area (Å²) in [5.41, 5.74) is 1.86. The second kappa shape index (κ2) is 6.13. The predicted molar refractivity (Wildman–Crippen MR) is 84.5 cm³/mol. The Morgan fingerprint density at radius 1 is 1.10 bits per heavy atom. The molecule has 0 unspecified atom stereocenters. The number of piperazine rings is 1. The first-order valence-electron chi connectivity index (χ1n) is 6.85. The number of aryl methyl sites for hydroxylation is 2. The monoisotopic (exact) mass is 360 g/mol. The van der Waals surface area contributed by atoms with Gasteiger partial charge in [-0.25, -0.2) is 8.42 Å². The molecule has 4 nitrogen and oxygen atoms in total. The van der Waals surface area contributed by atoms with Gasteiger partial charge in [-0.3, -0.25) is 0 Å². The van der Waals surface area contributed by atoms with E-state index in [1.165, 1.54) is 0 Å². The van der Waals surface area contributed by atoms with E-state index in [0.717, 1.165) is 35.2 Å². The molecule has 1 aliphatic rings. The van der Waals surface area contributed by atoms with E-state index in [-0.39, 0.29) is 0 Å². The minimum atomic E-state index is -3.39. The highest BCUT2D eigenvalue weighted by Crippen LogP contribution is 2.27. The Bertz CT molecular complexity index is 593. The van der Waals surface area contributed by atoms with Crippen LogP contribution in [0.2, 0.25) is 0 Å². The highest BCUT2D eigenvalue weighted by atomic mass is 79.9. The maximum absolute atomic E-state index is 12.8. The van der Waals surface area contributed by atoms with Crippen LogP contribution in [0.1, 0.15) is 18.1 Å². The quantitative estimate of drug-likeness (QED) is 0.830. The zero-order chi connectivity index (χ0) is 14.9. The Labute approximate surface area is 129 Å². The summed E-state index contributed by atoms with van der Waals surface area (Å²) in [5, 5.41) is 0. The van der Waals surface area contributed by atoms with Gasteiger partial charge in [0.15, 0.2) is 0 Å². The van der Waals surface area contributed by atoms with E-state index in [9.17, 15) is 8.42 Å². The Morgan fingerprint density at radius 3 is 2.25 bits per heavy atom. The lowest BCUT2D eigenvalue weighted by atomic mass is 10.2. The summed E-state index contributed by atoms with van der Waals surface area (Å²) in [5.74, 6) is 0. The Balaban J connectivity index is 2.30. The van der Waals surface area contributed by atoms with Gasteiger partial charge in [-0.05, 0) is 37.6 Å². The number of likely N-dealkylation sites (N-methyl/N-ethyl adjacent to an activating group) is 1. The van der Waals surface area contributed by atoms with Crippen LogP contribution in [0.25, 0.3) is 0 Å². The second-order valence-corrected chi connectivity index (χ2v) is 7.97. The minimum absolute atomic E-state index is 0.417. The molecular weight excluding hydrogens is 340 g/mol. The van der Waals surface area contributed by atoms with Crippen molar-refractivity contribution < 1.29 is 8.42 Å². The SMILES string of the molecule is CCN1CCN(S(=O)(=O)c2cc(Br)c(C)cc2C)CC1. The van der Waals surface area contributed by atoms with Crippen LogP contribution in [0.3, 0.4) is 0 Å². The molecule has 1 heterocycles. The van der Waals surface area contributed by atoms with E-state index in [1.807, 2.05) is 19.9 Å². The standard InChI is InChI=1S/C14H21BrN2O2S/c1-4-16-5-7-17(8-6-16)20(18,19)14-10-13(15)11(2)9-12(14)3/h9-10H,4-8H2,1-3H3. The van der Waals surface area contributed by atoms with Crippen molar-refractivity contribution in [3.05, 3.63) is 27.7 Å². The molecule has 6 heteroatoms. The van der Waals surface area contributed by atoms with E-state index >= 15 is 0 Å². The molecule has 0 N–H and O–H groups in total. The Morgan fingerprint density at radius 2 is 1.70 bits per heavy atom. The molecule has 20 heavy (non-hydrogen) atoms. The third-order valence-electron chi connectivity index (χ3n) is 3.85. The van der Waals surface area contributed by atoms with Crippen LogP contribution >= 0.6 is 15.9 Å². The summed E-state index contributed by atoms with van der Waals surface area (Å²) in [4.78, 5) is 2.68. The largest absolute Gasteiger partial charge is 0.301 e. The molecule has 1 aromatic rings. The summed E-state index contributed by atoms with van der Waals surface area (Å²) >= 11 is 3.43. The molecule has 0 atom stereocenters. The fourth-order valence-corrected chi connectivity index (χ4v) is 4.66. The lowest BCUT2D eigenvalue weighted by Gasteiger charge is -2.33. The third kappa shape index (κ3) is 3.08. The first-order valence-corrected chi connectivity index (χ1v) is 9.09. The highest BCUT2D eigenvalue weighted by Gasteiger charge is 2.29. The van der Waals surface area contributed by atoms with Gasteiger partial charge >= 0.3 is 0 Å². The summed E-state index contributed by atoms with van der Waals surface area (Å²) in [6.45, 7) is 9.66. The molecule has 0 spiro atoms. The summed E-state index contributed by atoms with van der Waals surface area (Å²) in [6.07, 6.45) is 0. The smallest absolute Gasteiger partial charge is 0.243 e. The first kappa shape index (κ1) is 15.9. The van der Waals surface area contributed by atoms with Crippen LogP contribution in [0, 0.1) is 13.8 Å². The van der Waals surface area contributed by atoms with Crippen molar-refractivity contribution in [2.24, 2.45) is 0 Å². The van der Waals surface area contributed by atoms with Crippen LogP contribution < -0.4 is 0 Å². The average Bonchev–Trinajstić information content (AvgIpc) is 2.42. The van der Waals surface area contributed by atoms with E-state index in [2.05, 4.69) is 27.8 Å². The normalized spacial score (nSPS) is 18.4. The molecule has 0 saturated carbocycles. The van der Waals surface area contributed by atoms with Gasteiger partial charge in [0.2, 0.25) is 10.0 Å². The maximum Gasteiger partial charge on any atom is 0.243 e. The molecule has 1 aliphatic heterocycles. The van der Waals surface area contributed by atoms with Crippen molar-refractivity contribution in [2.45, 2.75) is 25.7 Å². The van der Waals surface area contributed by atoms with Gasteiger partial charge in [0.1, 0.15) is 0 Å². The number of hydrogen-bond donors (Lipinski definition) is 0. The highest BCUT2D eigenvalue weighted by molar-refractivity contribution is 9.10. The van der Waals surface area contributed by atoms with Gasteiger partial charge in [-0.15, -0.1) is 0 Å². The predicted octanol–water partition coefficient (Wildman–Crippen LogP) is 2.39. The van der Waals surface area contributed by atoms with Gasteiger partial charge in [0, 0.05) is 30.7 Å². The van der Waals surface area contributed by atoms with Crippen molar-refractivity contribution in [1.29, 1.82) is 0 Å². The van der Waals surface area contributed by atoms with E-state index in [1.54, 1.807) is 10.4 Å². The molecule has 0 aromatic heterocycles. The lowest BCUT2D eigenvalue weighted by molar-refractivity contribution is 0.196. The minimum Gasteiger partial charge on any atom is -0.301 e. The molecule has 0 aliphatic carbocycles. The number of halogens is 1. The third-order valence-corrected chi connectivity index (χ3v) is 6.75. The van der Waals surface area contributed by atoms with E-state index < -0.39 is 10.0 Å². The van der Waals surface area contributed by atoms with E-state index in [4.69, 9.17) is 0 Å². The lowest BCUT2D eigenvalue weighted by Crippen LogP contribution is -2.48. The zero-order valence-corrected chi connectivity index (χ0v) is 14.6. The van der Waals surface area contributed by atoms with Crippen molar-refractivity contribution in [1.82, 2.24) is 9.21 Å². The van der Waals surface area contributed by atoms with E-state index in [0.29, 0.717) is 18.0 Å². The summed E-state index contributed by atoms with van der Waals surface area (Å²) in [6, 6.07) is 3.64. The topological polar surface area (TPSA) is 40.6 Å². The van der Waals surface area contributed by atoms with Crippen LogP contribution in [0.4, 0.5) is 0 Å². The molecule has 2 rings (SSSR count). The molecule has 112 valence electrons. The van der Waals surface area contributed by atoms with Crippen LogP contribution in [-0.4, -0.2) is 50.3 Å². The van der Waals surface area contributed by atoms with Gasteiger partial charge in [-0.2, -0.15) is 4.31 Å². The molecule has 1 aromatic carbocycles. The fraction of sp³-hybridized carbons (Fsp3) is 0.571. The zero-order valence-electron chi connectivity index (χ0n) is 12.2. The Kier molecular flexibility index (Phi) is 4.89. The molecule has 1 saturated heterocycles. The van der Waals surface area contributed by atoms with Gasteiger partial charge in [-0.1, -0.05) is 28.9 Å². The number of hydrogen-bond acceptors (Lipinski definition) is 3. The molecule has 0 amide bonds. The van der Waals surface area contributed by atoms with Crippen LogP contribution in [0.15, 0.2) is 21.5 Å². The van der Waals surface area contributed by atoms with Crippen LogP contribution in [-0.2, 0) is 10.0 Å². The second-order valence-electron chi connectivity index (χ2n) is 5.21. The summed E-state index contributed by atoms with van der Waals surface area (Å²) in [7, 11) is -3.39. The van der Waals surface area contributed by atoms with Gasteiger partial charge in [0.25, 0.3) is 0 Å². The number of benzene rings is 1. The molecular formula is C14H21BrN2O2S. The van der Waals surface area contributed by atoms with Crippen molar-refractivity contribution in [3.8, 4) is 0 Å². The average molecular weight is 361 g/mol. The van der Waals surface area contributed by atoms with Crippen LogP contribution in [0.5, 0.6) is 0 Å². The molecule has 0 bridgehead atoms. The summed E-state index contributed by atoms with van der Waals surface area (Å²) < 4.78 is 27.9. The number of sulfonamides is 1. The number of rotatable bonds is 3. The first-order chi connectivity index (χ1) is 9.36. The van der Waals surface area contributed by atoms with Gasteiger partial charge in [0.05, 0.1) is 4.90 Å². The van der Waals surface area contributed by atoms with Crippen molar-refractivity contribution in [3.63, 3.8) is 0 Å². The Hall–Kier alpha value is -0.430. The molecule has 1 fully saturated rings. The maximum atomic E-state index is 12.8. The number of nitrogens with zero attached hydrogens (tertiary/aromatic N) is 2.